The molecule has 1 aromatic carbocycles. The third kappa shape index (κ3) is 2.66. The van der Waals surface area contributed by atoms with Crippen LogP contribution in [0, 0.1) is 5.82 Å². The van der Waals surface area contributed by atoms with E-state index in [0.29, 0.717) is 11.9 Å². The van der Waals surface area contributed by atoms with E-state index in [0.717, 1.165) is 38.0 Å². The van der Waals surface area contributed by atoms with Crippen molar-refractivity contribution in [1.29, 1.82) is 0 Å². The third-order valence-electron chi connectivity index (χ3n) is 3.97. The van der Waals surface area contributed by atoms with E-state index in [2.05, 4.69) is 4.90 Å². The zero-order valence-corrected chi connectivity index (χ0v) is 10.7. The highest BCUT2D eigenvalue weighted by atomic mass is 19.1. The number of hydrogen-bond acceptors (Lipinski definition) is 2. The van der Waals surface area contributed by atoms with Gasteiger partial charge in [0.05, 0.1) is 6.10 Å². The van der Waals surface area contributed by atoms with E-state index >= 15 is 0 Å². The predicted octanol–water partition coefficient (Wildman–Crippen LogP) is 3.35. The molecule has 3 rings (SSSR count). The second-order valence-electron chi connectivity index (χ2n) is 5.41. The molecule has 98 valence electrons. The summed E-state index contributed by atoms with van der Waals surface area (Å²) in [7, 11) is 0. The minimum atomic E-state index is -0.126. The summed E-state index contributed by atoms with van der Waals surface area (Å²) in [6.45, 7) is 2.93. The van der Waals surface area contributed by atoms with Crippen molar-refractivity contribution in [2.75, 3.05) is 13.1 Å². The quantitative estimate of drug-likeness (QED) is 0.811. The molecule has 2 fully saturated rings. The minimum Gasteiger partial charge on any atom is -0.490 e. The lowest BCUT2D eigenvalue weighted by Crippen LogP contribution is -2.24. The highest BCUT2D eigenvalue weighted by Crippen LogP contribution is 2.26. The van der Waals surface area contributed by atoms with Gasteiger partial charge in [-0.2, -0.15) is 0 Å². The molecule has 3 heteroatoms. The molecule has 18 heavy (non-hydrogen) atoms. The van der Waals surface area contributed by atoms with Crippen molar-refractivity contribution >= 4 is 0 Å². The van der Waals surface area contributed by atoms with E-state index in [4.69, 9.17) is 4.74 Å². The van der Waals surface area contributed by atoms with Gasteiger partial charge in [-0.1, -0.05) is 6.07 Å². The van der Waals surface area contributed by atoms with Crippen LogP contribution in [0.5, 0.6) is 5.75 Å². The number of benzene rings is 1. The topological polar surface area (TPSA) is 12.5 Å². The molecule has 2 aliphatic rings. The first-order valence-electron chi connectivity index (χ1n) is 6.99. The van der Waals surface area contributed by atoms with Gasteiger partial charge >= 0.3 is 0 Å². The van der Waals surface area contributed by atoms with Crippen molar-refractivity contribution in [1.82, 2.24) is 4.90 Å². The highest BCUT2D eigenvalue weighted by Gasteiger charge is 2.20. The Bertz CT molecular complexity index is 411. The normalized spacial score (nSPS) is 20.9. The summed E-state index contributed by atoms with van der Waals surface area (Å²) >= 11 is 0. The molecule has 0 bridgehead atoms. The Balaban J connectivity index is 1.63. The smallest absolute Gasteiger partial charge is 0.131 e. The first-order chi connectivity index (χ1) is 8.81. The molecule has 2 nitrogen and oxygen atoms in total. The molecule has 1 aromatic rings. The van der Waals surface area contributed by atoms with Crippen molar-refractivity contribution in [3.63, 3.8) is 0 Å². The number of nitrogens with zero attached hydrogens (tertiary/aromatic N) is 1. The summed E-state index contributed by atoms with van der Waals surface area (Å²) in [4.78, 5) is 2.31. The van der Waals surface area contributed by atoms with E-state index in [-0.39, 0.29) is 5.82 Å². The average molecular weight is 249 g/mol. The number of hydrogen-bond donors (Lipinski definition) is 0. The van der Waals surface area contributed by atoms with Crippen LogP contribution >= 0.6 is 0 Å². The van der Waals surface area contributed by atoms with Gasteiger partial charge in [0.2, 0.25) is 0 Å². The molecule has 1 saturated carbocycles. The molecule has 0 N–H and O–H groups in total. The van der Waals surface area contributed by atoms with Crippen molar-refractivity contribution in [3.8, 4) is 5.75 Å². The number of rotatable bonds is 4. The average Bonchev–Trinajstić information content (AvgIpc) is 2.80. The molecule has 0 atom stereocenters. The lowest BCUT2D eigenvalue weighted by Gasteiger charge is -2.26. The van der Waals surface area contributed by atoms with E-state index in [1.165, 1.54) is 19.3 Å². The Labute approximate surface area is 108 Å². The van der Waals surface area contributed by atoms with Crippen molar-refractivity contribution in [3.05, 3.63) is 29.6 Å². The summed E-state index contributed by atoms with van der Waals surface area (Å²) in [5.41, 5.74) is 0.790. The molecule has 0 amide bonds. The molecule has 0 aromatic heterocycles. The maximum absolute atomic E-state index is 14.0. The first-order valence-corrected chi connectivity index (χ1v) is 6.99. The van der Waals surface area contributed by atoms with Gasteiger partial charge in [-0.05, 0) is 51.3 Å². The van der Waals surface area contributed by atoms with Crippen molar-refractivity contribution in [2.24, 2.45) is 0 Å². The monoisotopic (exact) mass is 249 g/mol. The second-order valence-corrected chi connectivity index (χ2v) is 5.41. The lowest BCUT2D eigenvalue weighted by atomic mass is 9.96. The minimum absolute atomic E-state index is 0.126. The third-order valence-corrected chi connectivity index (χ3v) is 3.97. The second kappa shape index (κ2) is 5.27. The fraction of sp³-hybridized carbons (Fsp3) is 0.600. The Morgan fingerprint density at radius 1 is 1.17 bits per heavy atom. The zero-order chi connectivity index (χ0) is 12.4. The van der Waals surface area contributed by atoms with Crippen LogP contribution in [0.3, 0.4) is 0 Å². The molecule has 1 aliphatic heterocycles. The molecule has 0 spiro atoms. The molecule has 1 saturated heterocycles. The molecular formula is C15H20FNO. The highest BCUT2D eigenvalue weighted by molar-refractivity contribution is 5.29. The first kappa shape index (κ1) is 12.0. The van der Waals surface area contributed by atoms with Gasteiger partial charge in [-0.25, -0.2) is 4.39 Å². The fourth-order valence-electron chi connectivity index (χ4n) is 2.59. The summed E-state index contributed by atoms with van der Waals surface area (Å²) in [6, 6.07) is 5.33. The van der Waals surface area contributed by atoms with Crippen LogP contribution in [0.25, 0.3) is 0 Å². The standard InChI is InChI=1S/C15H20FNO/c16-15-10-14(18-13-4-3-5-13)7-6-12(15)11-17-8-1-2-9-17/h6-7,10,13H,1-5,8-9,11H2. The maximum Gasteiger partial charge on any atom is 0.131 e. The van der Waals surface area contributed by atoms with Gasteiger partial charge in [-0.15, -0.1) is 0 Å². The van der Waals surface area contributed by atoms with E-state index in [9.17, 15) is 4.39 Å². The largest absolute Gasteiger partial charge is 0.490 e. The number of ether oxygens (including phenoxy) is 1. The van der Waals surface area contributed by atoms with E-state index in [1.54, 1.807) is 6.07 Å². The zero-order valence-electron chi connectivity index (χ0n) is 10.7. The van der Waals surface area contributed by atoms with Gasteiger partial charge in [-0.3, -0.25) is 4.90 Å². The van der Waals surface area contributed by atoms with Crippen molar-refractivity contribution in [2.45, 2.75) is 44.8 Å². The number of likely N-dealkylation sites (tertiary alicyclic amines) is 1. The summed E-state index contributed by atoms with van der Waals surface area (Å²) in [6.07, 6.45) is 6.25. The van der Waals surface area contributed by atoms with E-state index in [1.807, 2.05) is 12.1 Å². The summed E-state index contributed by atoms with van der Waals surface area (Å²) in [5.74, 6) is 0.557. The molecule has 1 aliphatic carbocycles. The Kier molecular flexibility index (Phi) is 3.50. The van der Waals surface area contributed by atoms with Gasteiger partial charge in [0.15, 0.2) is 0 Å². The Morgan fingerprint density at radius 3 is 2.56 bits per heavy atom. The van der Waals surface area contributed by atoms with Crippen LogP contribution in [0.1, 0.15) is 37.7 Å². The van der Waals surface area contributed by atoms with E-state index < -0.39 is 0 Å². The van der Waals surface area contributed by atoms with Gasteiger partial charge in [0.25, 0.3) is 0 Å². The van der Waals surface area contributed by atoms with Crippen molar-refractivity contribution < 1.29 is 9.13 Å². The van der Waals surface area contributed by atoms with Crippen LogP contribution in [0.2, 0.25) is 0 Å². The lowest BCUT2D eigenvalue weighted by molar-refractivity contribution is 0.120. The molecular weight excluding hydrogens is 229 g/mol. The fourth-order valence-corrected chi connectivity index (χ4v) is 2.59. The Hall–Kier alpha value is -1.09. The Morgan fingerprint density at radius 2 is 1.94 bits per heavy atom. The van der Waals surface area contributed by atoms with Crippen LogP contribution in [0.4, 0.5) is 4.39 Å². The van der Waals surface area contributed by atoms with Gasteiger partial charge < -0.3 is 4.74 Å². The van der Waals surface area contributed by atoms with Crippen LogP contribution < -0.4 is 4.74 Å². The summed E-state index contributed by atoms with van der Waals surface area (Å²) in [5, 5.41) is 0. The van der Waals surface area contributed by atoms with Gasteiger partial charge in [0, 0.05) is 18.2 Å². The van der Waals surface area contributed by atoms with Gasteiger partial charge in [0.1, 0.15) is 11.6 Å². The molecule has 0 unspecified atom stereocenters. The van der Waals surface area contributed by atoms with Crippen LogP contribution in [0.15, 0.2) is 18.2 Å². The molecule has 0 radical (unpaired) electrons. The van der Waals surface area contributed by atoms with Crippen LogP contribution in [-0.2, 0) is 6.54 Å². The maximum atomic E-state index is 14.0. The summed E-state index contributed by atoms with van der Waals surface area (Å²) < 4.78 is 19.7. The molecule has 1 heterocycles. The predicted molar refractivity (Wildman–Crippen MR) is 69.2 cm³/mol. The van der Waals surface area contributed by atoms with Crippen LogP contribution in [-0.4, -0.2) is 24.1 Å². The number of halogens is 1. The SMILES string of the molecule is Fc1cc(OC2CCC2)ccc1CN1CCCC1.